The molecule has 0 bridgehead atoms. The second kappa shape index (κ2) is 8.03. The summed E-state index contributed by atoms with van der Waals surface area (Å²) in [7, 11) is -2.92. The molecule has 2 aromatic heterocycles. The summed E-state index contributed by atoms with van der Waals surface area (Å²) < 4.78 is 25.8. The summed E-state index contributed by atoms with van der Waals surface area (Å²) in [4.78, 5) is 13.2. The largest absolute Gasteiger partial charge is 0.341 e. The van der Waals surface area contributed by atoms with Crippen molar-refractivity contribution in [1.29, 1.82) is 0 Å². The fourth-order valence-electron chi connectivity index (χ4n) is 5.11. The summed E-state index contributed by atoms with van der Waals surface area (Å²) in [5.41, 5.74) is 2.11. The van der Waals surface area contributed by atoms with E-state index in [0.717, 1.165) is 54.8 Å². The van der Waals surface area contributed by atoms with Crippen molar-refractivity contribution in [3.63, 3.8) is 0 Å². The molecule has 9 nitrogen and oxygen atoms in total. The van der Waals surface area contributed by atoms with Crippen LogP contribution in [0, 0.1) is 0 Å². The molecule has 0 saturated carbocycles. The van der Waals surface area contributed by atoms with Crippen molar-refractivity contribution in [2.45, 2.75) is 37.9 Å². The Morgan fingerprint density at radius 3 is 2.48 bits per heavy atom. The molecule has 0 atom stereocenters. The second-order valence-corrected chi connectivity index (χ2v) is 11.6. The van der Waals surface area contributed by atoms with Gasteiger partial charge in [-0.05, 0) is 42.7 Å². The fourth-order valence-corrected chi connectivity index (χ4v) is 6.80. The normalized spacial score (nSPS) is 21.2. The summed E-state index contributed by atoms with van der Waals surface area (Å²) in [6.45, 7) is 2.92. The minimum absolute atomic E-state index is 0.00245. The van der Waals surface area contributed by atoms with Crippen LogP contribution < -0.4 is 4.90 Å². The topological polar surface area (TPSA) is 97.1 Å². The monoisotopic (exact) mass is 485 g/mol. The summed E-state index contributed by atoms with van der Waals surface area (Å²) in [6.07, 6.45) is 5.41. The van der Waals surface area contributed by atoms with Crippen LogP contribution in [-0.4, -0.2) is 68.7 Å². The Labute approximate surface area is 197 Å². The molecule has 2 fully saturated rings. The Bertz CT molecular complexity index is 1280. The Morgan fingerprint density at radius 1 is 1.00 bits per heavy atom. The van der Waals surface area contributed by atoms with Gasteiger partial charge in [-0.25, -0.2) is 18.4 Å². The van der Waals surface area contributed by atoms with Crippen LogP contribution in [0.25, 0.3) is 5.69 Å². The maximum atomic E-state index is 11.8. The van der Waals surface area contributed by atoms with Gasteiger partial charge in [-0.2, -0.15) is 0 Å². The third-order valence-corrected chi connectivity index (χ3v) is 8.88. The van der Waals surface area contributed by atoms with E-state index >= 15 is 0 Å². The molecule has 172 valence electrons. The average molecular weight is 486 g/mol. The SMILES string of the molecule is O=S1(=O)CC(N2Cc3cc(Cl)ccc3-n3c(nnc3C3CCN(c4ncccn4)CC3)C2)C1. The number of sulfone groups is 1. The highest BCUT2D eigenvalue weighted by molar-refractivity contribution is 7.92. The molecule has 33 heavy (non-hydrogen) atoms. The van der Waals surface area contributed by atoms with Crippen molar-refractivity contribution < 1.29 is 8.42 Å². The van der Waals surface area contributed by atoms with Crippen molar-refractivity contribution in [3.05, 3.63) is 58.9 Å². The highest BCUT2D eigenvalue weighted by Crippen LogP contribution is 2.35. The molecule has 0 N–H and O–H groups in total. The van der Waals surface area contributed by atoms with Crippen LogP contribution in [-0.2, 0) is 22.9 Å². The van der Waals surface area contributed by atoms with Crippen LogP contribution in [0.3, 0.4) is 0 Å². The van der Waals surface area contributed by atoms with E-state index in [4.69, 9.17) is 11.6 Å². The number of piperidine rings is 1. The molecule has 1 aromatic carbocycles. The highest BCUT2D eigenvalue weighted by atomic mass is 35.5. The molecule has 3 aromatic rings. The molecular weight excluding hydrogens is 462 g/mol. The van der Waals surface area contributed by atoms with Gasteiger partial charge in [0.1, 0.15) is 5.82 Å². The molecule has 0 amide bonds. The smallest absolute Gasteiger partial charge is 0.225 e. The lowest BCUT2D eigenvalue weighted by molar-refractivity contribution is 0.193. The van der Waals surface area contributed by atoms with Gasteiger partial charge in [-0.15, -0.1) is 10.2 Å². The van der Waals surface area contributed by atoms with Crippen LogP contribution in [0.1, 0.15) is 36.0 Å². The number of nitrogens with zero attached hydrogens (tertiary/aromatic N) is 7. The Hall–Kier alpha value is -2.56. The van der Waals surface area contributed by atoms with Gasteiger partial charge in [0, 0.05) is 49.0 Å². The van der Waals surface area contributed by atoms with E-state index in [0.29, 0.717) is 18.1 Å². The van der Waals surface area contributed by atoms with Gasteiger partial charge in [0.05, 0.1) is 23.7 Å². The highest BCUT2D eigenvalue weighted by Gasteiger charge is 2.40. The summed E-state index contributed by atoms with van der Waals surface area (Å²) in [6, 6.07) is 7.73. The van der Waals surface area contributed by atoms with Crippen LogP contribution >= 0.6 is 11.6 Å². The maximum Gasteiger partial charge on any atom is 0.225 e. The first kappa shape index (κ1) is 21.0. The minimum atomic E-state index is -2.92. The molecular formula is C22H24ClN7O2S. The van der Waals surface area contributed by atoms with Crippen molar-refractivity contribution >= 4 is 27.4 Å². The zero-order valence-corrected chi connectivity index (χ0v) is 19.6. The lowest BCUT2D eigenvalue weighted by atomic mass is 9.95. The number of anilines is 1. The Morgan fingerprint density at radius 2 is 1.76 bits per heavy atom. The third kappa shape index (κ3) is 3.89. The predicted molar refractivity (Wildman–Crippen MR) is 124 cm³/mol. The van der Waals surface area contributed by atoms with E-state index in [1.54, 1.807) is 12.4 Å². The van der Waals surface area contributed by atoms with Gasteiger partial charge in [-0.3, -0.25) is 9.47 Å². The summed E-state index contributed by atoms with van der Waals surface area (Å²) in [5, 5.41) is 9.87. The van der Waals surface area contributed by atoms with E-state index in [1.165, 1.54) is 0 Å². The van der Waals surface area contributed by atoms with Crippen LogP contribution in [0.4, 0.5) is 5.95 Å². The van der Waals surface area contributed by atoms with Crippen LogP contribution in [0.5, 0.6) is 0 Å². The number of halogens is 1. The maximum absolute atomic E-state index is 11.8. The van der Waals surface area contributed by atoms with Gasteiger partial charge >= 0.3 is 0 Å². The van der Waals surface area contributed by atoms with Gasteiger partial charge < -0.3 is 4.90 Å². The van der Waals surface area contributed by atoms with E-state index in [1.807, 2.05) is 24.3 Å². The minimum Gasteiger partial charge on any atom is -0.341 e. The molecule has 0 unspecified atom stereocenters. The predicted octanol–water partition coefficient (Wildman–Crippen LogP) is 2.21. The number of fused-ring (bicyclic) bond motifs is 3. The van der Waals surface area contributed by atoms with Gasteiger partial charge in [0.15, 0.2) is 15.7 Å². The lowest BCUT2D eigenvalue weighted by Gasteiger charge is -2.35. The first-order chi connectivity index (χ1) is 16.0. The van der Waals surface area contributed by atoms with Gasteiger partial charge in [-0.1, -0.05) is 11.6 Å². The zero-order chi connectivity index (χ0) is 22.6. The molecule has 11 heteroatoms. The van der Waals surface area contributed by atoms with Crippen molar-refractivity contribution in [1.82, 2.24) is 29.6 Å². The third-order valence-electron chi connectivity index (χ3n) is 6.86. The molecule has 5 heterocycles. The standard InChI is InChI=1S/C22H24ClN7O2S/c23-17-2-3-19-16(10-17)11-29(18-13-33(31,32)14-18)12-20-26-27-21(30(19)20)15-4-8-28(9-5-15)22-24-6-1-7-25-22/h1-3,6-7,10,15,18H,4-5,8-9,11-14H2. The van der Waals surface area contributed by atoms with Gasteiger partial charge in [0.2, 0.25) is 5.95 Å². The molecule has 0 radical (unpaired) electrons. The summed E-state index contributed by atoms with van der Waals surface area (Å²) in [5.74, 6) is 3.25. The first-order valence-corrected chi connectivity index (χ1v) is 13.4. The zero-order valence-electron chi connectivity index (χ0n) is 18.0. The molecule has 2 saturated heterocycles. The number of benzene rings is 1. The molecule has 3 aliphatic heterocycles. The van der Waals surface area contributed by atoms with Crippen molar-refractivity contribution in [2.24, 2.45) is 0 Å². The Balaban J connectivity index is 1.31. The molecule has 0 aliphatic carbocycles. The van der Waals surface area contributed by atoms with Crippen LogP contribution in [0.2, 0.25) is 5.02 Å². The van der Waals surface area contributed by atoms with E-state index in [2.05, 4.69) is 34.5 Å². The van der Waals surface area contributed by atoms with E-state index in [-0.39, 0.29) is 23.5 Å². The quantitative estimate of drug-likeness (QED) is 0.557. The molecule has 0 spiro atoms. The fraction of sp³-hybridized carbons (Fsp3) is 0.455. The lowest BCUT2D eigenvalue weighted by Crippen LogP contribution is -2.52. The number of aromatic nitrogens is 5. The summed E-state index contributed by atoms with van der Waals surface area (Å²) >= 11 is 6.34. The number of hydrogen-bond acceptors (Lipinski definition) is 8. The van der Waals surface area contributed by atoms with E-state index in [9.17, 15) is 8.42 Å². The van der Waals surface area contributed by atoms with E-state index < -0.39 is 9.84 Å². The van der Waals surface area contributed by atoms with Crippen molar-refractivity contribution in [3.8, 4) is 5.69 Å². The van der Waals surface area contributed by atoms with Gasteiger partial charge in [0.25, 0.3) is 0 Å². The Kier molecular flexibility index (Phi) is 5.11. The second-order valence-electron chi connectivity index (χ2n) is 9.03. The number of hydrogen-bond donors (Lipinski definition) is 0. The molecule has 3 aliphatic rings. The van der Waals surface area contributed by atoms with Crippen LogP contribution in [0.15, 0.2) is 36.7 Å². The first-order valence-electron chi connectivity index (χ1n) is 11.2. The van der Waals surface area contributed by atoms with Crippen molar-refractivity contribution in [2.75, 3.05) is 29.5 Å². The average Bonchev–Trinajstić information content (AvgIpc) is 3.14. The number of rotatable bonds is 3. The molecule has 6 rings (SSSR count).